The lowest BCUT2D eigenvalue weighted by molar-refractivity contribution is -0.137. The molecular weight excluding hydrogens is 409 g/mol. The number of hydrogen-bond donors (Lipinski definition) is 0. The smallest absolute Gasteiger partial charge is 0.416 e. The van der Waals surface area contributed by atoms with E-state index in [1.165, 1.54) is 12.1 Å². The van der Waals surface area contributed by atoms with Crippen molar-refractivity contribution >= 4 is 18.0 Å². The Hall–Kier alpha value is -3.03. The molecule has 8 heteroatoms. The zero-order valence-electron chi connectivity index (χ0n) is 18.1. The van der Waals surface area contributed by atoms with Crippen LogP contribution in [0.3, 0.4) is 0 Å². The first kappa shape index (κ1) is 24.2. The third-order valence-corrected chi connectivity index (χ3v) is 4.50. The maximum absolute atomic E-state index is 12.9. The summed E-state index contributed by atoms with van der Waals surface area (Å²) in [6.45, 7) is 6.66. The summed E-state index contributed by atoms with van der Waals surface area (Å²) in [5.74, 6) is -0.347. The fraction of sp³-hybridized carbons (Fsp3) is 0.391. The molecule has 2 aromatic rings. The highest BCUT2D eigenvalue weighted by atomic mass is 19.4. The van der Waals surface area contributed by atoms with Crippen molar-refractivity contribution in [2.45, 2.75) is 40.0 Å². The van der Waals surface area contributed by atoms with Gasteiger partial charge in [0, 0.05) is 19.7 Å². The molecule has 5 nitrogen and oxygen atoms in total. The zero-order chi connectivity index (χ0) is 23.0. The van der Waals surface area contributed by atoms with Crippen molar-refractivity contribution in [3.63, 3.8) is 0 Å². The largest absolute Gasteiger partial charge is 0.493 e. The number of rotatable bonds is 9. The van der Waals surface area contributed by atoms with Crippen molar-refractivity contribution in [3.05, 3.63) is 58.7 Å². The van der Waals surface area contributed by atoms with E-state index in [2.05, 4.69) is 4.99 Å². The lowest BCUT2D eigenvalue weighted by atomic mass is 10.1. The van der Waals surface area contributed by atoms with Crippen LogP contribution in [0.25, 0.3) is 0 Å². The fourth-order valence-electron chi connectivity index (χ4n) is 2.61. The number of nitrogens with zero attached hydrogens (tertiary/aromatic N) is 2. The number of aliphatic imine (C=N–C) groups is 1. The topological polar surface area (TPSA) is 51.1 Å². The van der Waals surface area contributed by atoms with Gasteiger partial charge in [0.05, 0.1) is 24.2 Å². The van der Waals surface area contributed by atoms with E-state index in [9.17, 15) is 18.0 Å². The Kier molecular flexibility index (Phi) is 8.47. The normalized spacial score (nSPS) is 11.6. The van der Waals surface area contributed by atoms with E-state index in [-0.39, 0.29) is 17.7 Å². The van der Waals surface area contributed by atoms with Gasteiger partial charge in [-0.2, -0.15) is 13.2 Å². The third-order valence-electron chi connectivity index (χ3n) is 4.50. The molecule has 0 bridgehead atoms. The zero-order valence-corrected chi connectivity index (χ0v) is 18.1. The van der Waals surface area contributed by atoms with E-state index in [4.69, 9.17) is 9.47 Å². The molecule has 0 fully saturated rings. The lowest BCUT2D eigenvalue weighted by Crippen LogP contribution is -2.14. The molecular formula is C23H27F3N2O3. The molecule has 0 spiro atoms. The molecule has 0 aliphatic heterocycles. The van der Waals surface area contributed by atoms with Crippen LogP contribution in [0.4, 0.5) is 18.9 Å². The first-order valence-electron chi connectivity index (χ1n) is 10.0. The average molecular weight is 436 g/mol. The minimum absolute atomic E-state index is 0.209. The van der Waals surface area contributed by atoms with Gasteiger partial charge < -0.3 is 14.4 Å². The minimum atomic E-state index is -4.46. The van der Waals surface area contributed by atoms with Gasteiger partial charge in [-0.3, -0.25) is 0 Å². The second-order valence-corrected chi connectivity index (χ2v) is 7.08. The number of esters is 1. The van der Waals surface area contributed by atoms with Crippen LogP contribution >= 0.6 is 0 Å². The Balaban J connectivity index is 2.24. The summed E-state index contributed by atoms with van der Waals surface area (Å²) >= 11 is 0. The molecule has 0 aliphatic rings. The Labute approximate surface area is 180 Å². The van der Waals surface area contributed by atoms with Gasteiger partial charge in [-0.15, -0.1) is 0 Å². The summed E-state index contributed by atoms with van der Waals surface area (Å²) in [5, 5.41) is 0. The second kappa shape index (κ2) is 10.8. The van der Waals surface area contributed by atoms with E-state index >= 15 is 0 Å². The van der Waals surface area contributed by atoms with Crippen molar-refractivity contribution in [1.29, 1.82) is 0 Å². The molecule has 2 rings (SSSR count). The van der Waals surface area contributed by atoms with E-state index in [1.807, 2.05) is 32.7 Å². The predicted molar refractivity (Wildman–Crippen MR) is 114 cm³/mol. The van der Waals surface area contributed by atoms with E-state index in [1.54, 1.807) is 18.5 Å². The highest BCUT2D eigenvalue weighted by Gasteiger charge is 2.30. The fourth-order valence-corrected chi connectivity index (χ4v) is 2.61. The Morgan fingerprint density at radius 1 is 1.19 bits per heavy atom. The standard InChI is InChI=1S/C23H27F3N2O3/c1-5-10-30-21-13-20(27-15-28(4)6-2)16(3)11-19(21)22(29)31-14-17-8-7-9-18(12-17)23(24,25)26/h7-9,11-13,15H,5-6,10,14H2,1-4H3. The highest BCUT2D eigenvalue weighted by Crippen LogP contribution is 2.31. The predicted octanol–water partition coefficient (Wildman–Crippen LogP) is 5.77. The Morgan fingerprint density at radius 3 is 2.58 bits per heavy atom. The number of alkyl halides is 3. The van der Waals surface area contributed by atoms with Crippen molar-refractivity contribution < 1.29 is 27.4 Å². The molecule has 168 valence electrons. The van der Waals surface area contributed by atoms with Crippen LogP contribution in [0.1, 0.15) is 47.3 Å². The maximum Gasteiger partial charge on any atom is 0.416 e. The van der Waals surface area contributed by atoms with E-state index in [0.717, 1.165) is 30.7 Å². The van der Waals surface area contributed by atoms with Gasteiger partial charge >= 0.3 is 12.1 Å². The van der Waals surface area contributed by atoms with E-state index in [0.29, 0.717) is 18.0 Å². The lowest BCUT2D eigenvalue weighted by Gasteiger charge is -2.14. The van der Waals surface area contributed by atoms with Crippen molar-refractivity contribution in [3.8, 4) is 5.75 Å². The van der Waals surface area contributed by atoms with Gasteiger partial charge in [0.25, 0.3) is 0 Å². The summed E-state index contributed by atoms with van der Waals surface area (Å²) in [7, 11) is 1.90. The van der Waals surface area contributed by atoms with Gasteiger partial charge in [-0.1, -0.05) is 19.1 Å². The van der Waals surface area contributed by atoms with Gasteiger partial charge in [-0.25, -0.2) is 9.79 Å². The quantitative estimate of drug-likeness (QED) is 0.284. The van der Waals surface area contributed by atoms with Crippen LogP contribution in [-0.2, 0) is 17.5 Å². The molecule has 0 heterocycles. The Bertz CT molecular complexity index is 927. The molecule has 0 saturated carbocycles. The van der Waals surface area contributed by atoms with Crippen LogP contribution in [0.15, 0.2) is 41.4 Å². The number of halogens is 3. The van der Waals surface area contributed by atoms with Crippen molar-refractivity contribution in [2.24, 2.45) is 4.99 Å². The summed E-state index contributed by atoms with van der Waals surface area (Å²) < 4.78 is 49.6. The summed E-state index contributed by atoms with van der Waals surface area (Å²) in [6.07, 6.45) is -2.03. The van der Waals surface area contributed by atoms with Crippen molar-refractivity contribution in [1.82, 2.24) is 4.90 Å². The number of benzene rings is 2. The second-order valence-electron chi connectivity index (χ2n) is 7.08. The summed E-state index contributed by atoms with van der Waals surface area (Å²) in [4.78, 5) is 19.0. The molecule has 0 amide bonds. The molecule has 0 aliphatic carbocycles. The van der Waals surface area contributed by atoms with E-state index < -0.39 is 17.7 Å². The van der Waals surface area contributed by atoms with Crippen LogP contribution in [0.5, 0.6) is 5.75 Å². The van der Waals surface area contributed by atoms with Crippen LogP contribution in [-0.4, -0.2) is 37.4 Å². The molecule has 2 aromatic carbocycles. The monoisotopic (exact) mass is 436 g/mol. The average Bonchev–Trinajstić information content (AvgIpc) is 2.74. The molecule has 0 aromatic heterocycles. The molecule has 0 unspecified atom stereocenters. The number of aryl methyl sites for hydroxylation is 1. The summed E-state index contributed by atoms with van der Waals surface area (Å²) in [6, 6.07) is 8.00. The number of carbonyl (C=O) groups excluding carboxylic acids is 1. The van der Waals surface area contributed by atoms with Crippen LogP contribution < -0.4 is 4.74 Å². The molecule has 0 saturated heterocycles. The number of hydrogen-bond acceptors (Lipinski definition) is 4. The third kappa shape index (κ3) is 7.01. The molecule has 0 radical (unpaired) electrons. The van der Waals surface area contributed by atoms with Crippen LogP contribution in [0, 0.1) is 6.92 Å². The molecule has 0 atom stereocenters. The molecule has 0 N–H and O–H groups in total. The molecule has 31 heavy (non-hydrogen) atoms. The highest BCUT2D eigenvalue weighted by molar-refractivity contribution is 5.93. The SMILES string of the molecule is CCCOc1cc(N=CN(C)CC)c(C)cc1C(=O)OCc1cccc(C(F)(F)F)c1. The van der Waals surface area contributed by atoms with Crippen molar-refractivity contribution in [2.75, 3.05) is 20.2 Å². The van der Waals surface area contributed by atoms with Gasteiger partial charge in [0.1, 0.15) is 17.9 Å². The van der Waals surface area contributed by atoms with Gasteiger partial charge in [0.15, 0.2) is 0 Å². The Morgan fingerprint density at radius 2 is 1.94 bits per heavy atom. The van der Waals surface area contributed by atoms with Crippen LogP contribution in [0.2, 0.25) is 0 Å². The maximum atomic E-state index is 12.9. The van der Waals surface area contributed by atoms with Gasteiger partial charge in [0.2, 0.25) is 0 Å². The number of ether oxygens (including phenoxy) is 2. The van der Waals surface area contributed by atoms with Gasteiger partial charge in [-0.05, 0) is 49.6 Å². The minimum Gasteiger partial charge on any atom is -0.493 e. The number of carbonyl (C=O) groups is 1. The first-order valence-corrected chi connectivity index (χ1v) is 10.0. The first-order chi connectivity index (χ1) is 14.7. The summed E-state index contributed by atoms with van der Waals surface area (Å²) in [5.41, 5.74) is 1.07.